The van der Waals surface area contributed by atoms with Gasteiger partial charge in [0.1, 0.15) is 0 Å². The molecule has 0 aliphatic rings. The van der Waals surface area contributed by atoms with Gasteiger partial charge in [0.2, 0.25) is 5.91 Å². The maximum Gasteiger partial charge on any atom is 0.312 e. The van der Waals surface area contributed by atoms with Crippen LogP contribution < -0.4 is 16.4 Å². The van der Waals surface area contributed by atoms with Crippen molar-refractivity contribution in [1.82, 2.24) is 5.32 Å². The van der Waals surface area contributed by atoms with Crippen molar-refractivity contribution < 1.29 is 9.59 Å². The number of amides is 3. The largest absolute Gasteiger partial charge is 0.352 e. The molecule has 2 rings (SSSR count). The van der Waals surface area contributed by atoms with Gasteiger partial charge in [0.15, 0.2) is 0 Å². The van der Waals surface area contributed by atoms with Crippen LogP contribution in [0.25, 0.3) is 0 Å². The van der Waals surface area contributed by atoms with Crippen LogP contribution >= 0.6 is 15.9 Å². The summed E-state index contributed by atoms with van der Waals surface area (Å²) in [6.07, 6.45) is 0.0948. The molecular formula is C18H20BrN3O2. The topological polar surface area (TPSA) is 84.2 Å². The van der Waals surface area contributed by atoms with Gasteiger partial charge in [0.25, 0.3) is 0 Å². The van der Waals surface area contributed by atoms with Crippen molar-refractivity contribution >= 4 is 33.6 Å². The van der Waals surface area contributed by atoms with Gasteiger partial charge in [0, 0.05) is 10.2 Å². The zero-order chi connectivity index (χ0) is 17.7. The third-order valence-electron chi connectivity index (χ3n) is 3.48. The highest BCUT2D eigenvalue weighted by molar-refractivity contribution is 9.10. The summed E-state index contributed by atoms with van der Waals surface area (Å²) in [6, 6.07) is 12.1. The first-order chi connectivity index (χ1) is 11.3. The van der Waals surface area contributed by atoms with Crippen LogP contribution in [0, 0.1) is 13.8 Å². The zero-order valence-corrected chi connectivity index (χ0v) is 15.2. The lowest BCUT2D eigenvalue weighted by atomic mass is 10.0. The van der Waals surface area contributed by atoms with E-state index in [9.17, 15) is 9.59 Å². The summed E-state index contributed by atoms with van der Waals surface area (Å²) in [5, 5.41) is 5.49. The van der Waals surface area contributed by atoms with Gasteiger partial charge >= 0.3 is 6.03 Å². The SMILES string of the molecule is Cc1cc(C)cc(NC(=O)CC(NC(N)=O)c2ccc(Br)cc2)c1. The molecule has 0 heterocycles. The van der Waals surface area contributed by atoms with E-state index in [2.05, 4.69) is 26.6 Å². The van der Waals surface area contributed by atoms with Crippen molar-refractivity contribution in [2.24, 2.45) is 5.73 Å². The highest BCUT2D eigenvalue weighted by Crippen LogP contribution is 2.21. The molecule has 5 nitrogen and oxygen atoms in total. The number of nitrogens with two attached hydrogens (primary N) is 1. The third-order valence-corrected chi connectivity index (χ3v) is 4.01. The highest BCUT2D eigenvalue weighted by atomic mass is 79.9. The summed E-state index contributed by atoms with van der Waals surface area (Å²) >= 11 is 3.36. The van der Waals surface area contributed by atoms with E-state index in [1.54, 1.807) is 0 Å². The first-order valence-corrected chi connectivity index (χ1v) is 8.32. The van der Waals surface area contributed by atoms with E-state index >= 15 is 0 Å². The Morgan fingerprint density at radius 3 is 2.21 bits per heavy atom. The number of urea groups is 1. The Bertz CT molecular complexity index is 724. The number of nitrogens with one attached hydrogen (secondary N) is 2. The molecule has 126 valence electrons. The summed E-state index contributed by atoms with van der Waals surface area (Å²) in [7, 11) is 0. The molecule has 1 unspecified atom stereocenters. The number of benzene rings is 2. The zero-order valence-electron chi connectivity index (χ0n) is 13.6. The van der Waals surface area contributed by atoms with Crippen LogP contribution in [0.1, 0.15) is 29.2 Å². The molecule has 24 heavy (non-hydrogen) atoms. The fourth-order valence-corrected chi connectivity index (χ4v) is 2.83. The lowest BCUT2D eigenvalue weighted by Crippen LogP contribution is -2.35. The molecule has 1 atom stereocenters. The third kappa shape index (κ3) is 5.38. The first kappa shape index (κ1) is 18.0. The van der Waals surface area contributed by atoms with Crippen molar-refractivity contribution in [3.8, 4) is 0 Å². The number of primary amides is 1. The molecule has 0 saturated heterocycles. The average molecular weight is 390 g/mol. The van der Waals surface area contributed by atoms with Crippen LogP contribution in [0.15, 0.2) is 46.9 Å². The normalized spacial score (nSPS) is 11.6. The monoisotopic (exact) mass is 389 g/mol. The van der Waals surface area contributed by atoms with E-state index in [0.717, 1.165) is 26.9 Å². The molecule has 0 bridgehead atoms. The van der Waals surface area contributed by atoms with Gasteiger partial charge in [-0.25, -0.2) is 4.79 Å². The summed E-state index contributed by atoms with van der Waals surface area (Å²) < 4.78 is 0.920. The molecule has 0 radical (unpaired) electrons. The standard InChI is InChI=1S/C18H20BrN3O2/c1-11-7-12(2)9-15(8-11)21-17(23)10-16(22-18(20)24)13-3-5-14(19)6-4-13/h3-9,16H,10H2,1-2H3,(H,21,23)(H3,20,22,24). The predicted octanol–water partition coefficient (Wildman–Crippen LogP) is 3.80. The molecule has 4 N–H and O–H groups in total. The smallest absolute Gasteiger partial charge is 0.312 e. The molecule has 3 amide bonds. The molecule has 0 fully saturated rings. The Kier molecular flexibility index (Phi) is 5.98. The quantitative estimate of drug-likeness (QED) is 0.726. The van der Waals surface area contributed by atoms with Crippen LogP contribution in [0.4, 0.5) is 10.5 Å². The van der Waals surface area contributed by atoms with Gasteiger partial charge in [-0.05, 0) is 54.8 Å². The molecule has 0 spiro atoms. The highest BCUT2D eigenvalue weighted by Gasteiger charge is 2.17. The van der Waals surface area contributed by atoms with Gasteiger partial charge < -0.3 is 16.4 Å². The van der Waals surface area contributed by atoms with E-state index in [1.807, 2.05) is 56.3 Å². The van der Waals surface area contributed by atoms with Gasteiger partial charge in [-0.2, -0.15) is 0 Å². The Hall–Kier alpha value is -2.34. The number of hydrogen-bond acceptors (Lipinski definition) is 2. The van der Waals surface area contributed by atoms with Gasteiger partial charge in [-0.1, -0.05) is 34.1 Å². The van der Waals surface area contributed by atoms with E-state index in [-0.39, 0.29) is 12.3 Å². The average Bonchev–Trinajstić information content (AvgIpc) is 2.45. The number of aryl methyl sites for hydroxylation is 2. The van der Waals surface area contributed by atoms with Gasteiger partial charge in [-0.3, -0.25) is 4.79 Å². The van der Waals surface area contributed by atoms with Crippen molar-refractivity contribution in [2.75, 3.05) is 5.32 Å². The lowest BCUT2D eigenvalue weighted by molar-refractivity contribution is -0.116. The van der Waals surface area contributed by atoms with Gasteiger partial charge in [-0.15, -0.1) is 0 Å². The summed E-state index contributed by atoms with van der Waals surface area (Å²) in [6.45, 7) is 3.95. The molecule has 0 aliphatic heterocycles. The second-order valence-corrected chi connectivity index (χ2v) is 6.66. The molecule has 6 heteroatoms. The Labute approximate surface area is 149 Å². The van der Waals surface area contributed by atoms with Gasteiger partial charge in [0.05, 0.1) is 12.5 Å². The number of carbonyl (C=O) groups is 2. The molecule has 0 aliphatic carbocycles. The maximum absolute atomic E-state index is 12.4. The fraction of sp³-hybridized carbons (Fsp3) is 0.222. The minimum Gasteiger partial charge on any atom is -0.352 e. The Morgan fingerprint density at radius 1 is 1.08 bits per heavy atom. The summed E-state index contributed by atoms with van der Waals surface area (Å²) in [5.74, 6) is -0.193. The molecular weight excluding hydrogens is 370 g/mol. The second-order valence-electron chi connectivity index (χ2n) is 5.74. The predicted molar refractivity (Wildman–Crippen MR) is 98.8 cm³/mol. The van der Waals surface area contributed by atoms with E-state index in [1.165, 1.54) is 0 Å². The minimum atomic E-state index is -0.665. The number of carbonyl (C=O) groups excluding carboxylic acids is 2. The van der Waals surface area contributed by atoms with Crippen LogP contribution in [-0.4, -0.2) is 11.9 Å². The number of hydrogen-bond donors (Lipinski definition) is 3. The second kappa shape index (κ2) is 7.97. The number of halogens is 1. The van der Waals surface area contributed by atoms with Crippen molar-refractivity contribution in [2.45, 2.75) is 26.3 Å². The van der Waals surface area contributed by atoms with Crippen molar-refractivity contribution in [3.63, 3.8) is 0 Å². The number of rotatable bonds is 5. The van der Waals surface area contributed by atoms with Crippen molar-refractivity contribution in [1.29, 1.82) is 0 Å². The van der Waals surface area contributed by atoms with E-state index < -0.39 is 12.1 Å². The lowest BCUT2D eigenvalue weighted by Gasteiger charge is -2.18. The minimum absolute atomic E-state index is 0.0948. The molecule has 2 aromatic carbocycles. The van der Waals surface area contributed by atoms with Crippen molar-refractivity contribution in [3.05, 3.63) is 63.6 Å². The van der Waals surface area contributed by atoms with Crippen LogP contribution in [0.3, 0.4) is 0 Å². The van der Waals surface area contributed by atoms with Crippen LogP contribution in [0.2, 0.25) is 0 Å². The molecule has 0 saturated carbocycles. The Morgan fingerprint density at radius 2 is 1.67 bits per heavy atom. The Balaban J connectivity index is 2.11. The van der Waals surface area contributed by atoms with Crippen LogP contribution in [-0.2, 0) is 4.79 Å². The maximum atomic E-state index is 12.4. The fourth-order valence-electron chi connectivity index (χ4n) is 2.56. The number of anilines is 1. The summed E-state index contributed by atoms with van der Waals surface area (Å²) in [5.41, 5.74) is 8.94. The first-order valence-electron chi connectivity index (χ1n) is 7.53. The van der Waals surface area contributed by atoms with E-state index in [4.69, 9.17) is 5.73 Å². The molecule has 0 aromatic heterocycles. The molecule has 2 aromatic rings. The summed E-state index contributed by atoms with van der Waals surface area (Å²) in [4.78, 5) is 23.6. The van der Waals surface area contributed by atoms with E-state index in [0.29, 0.717) is 0 Å². The van der Waals surface area contributed by atoms with Crippen LogP contribution in [0.5, 0.6) is 0 Å².